The fourth-order valence-corrected chi connectivity index (χ4v) is 3.14. The Morgan fingerprint density at radius 2 is 2.00 bits per heavy atom. The van der Waals surface area contributed by atoms with Crippen LogP contribution in [-0.2, 0) is 9.59 Å². The number of rotatable bonds is 8. The average Bonchev–Trinajstić information content (AvgIpc) is 2.65. The second-order valence-electron chi connectivity index (χ2n) is 6.39. The van der Waals surface area contributed by atoms with Gasteiger partial charge in [0.05, 0.1) is 19.3 Å². The van der Waals surface area contributed by atoms with Gasteiger partial charge in [-0.25, -0.2) is 0 Å². The van der Waals surface area contributed by atoms with Crippen LogP contribution in [0.4, 0.5) is 5.69 Å². The lowest BCUT2D eigenvalue weighted by Gasteiger charge is -2.24. The van der Waals surface area contributed by atoms with Gasteiger partial charge in [-0.15, -0.1) is 0 Å². The van der Waals surface area contributed by atoms with Crippen LogP contribution < -0.4 is 15.4 Å². The number of carbonyl (C=O) groups is 2. The van der Waals surface area contributed by atoms with E-state index in [1.165, 1.54) is 0 Å². The maximum absolute atomic E-state index is 12.4. The molecule has 6 nitrogen and oxygen atoms in total. The molecule has 1 aromatic carbocycles. The van der Waals surface area contributed by atoms with Crippen LogP contribution in [-0.4, -0.2) is 50.0 Å². The lowest BCUT2D eigenvalue weighted by molar-refractivity contribution is -0.134. The minimum absolute atomic E-state index is 0.0520. The lowest BCUT2D eigenvalue weighted by Crippen LogP contribution is -2.38. The number of anilines is 1. The summed E-state index contributed by atoms with van der Waals surface area (Å²) < 4.78 is 5.23. The van der Waals surface area contributed by atoms with Crippen molar-refractivity contribution < 1.29 is 14.3 Å². The number of likely N-dealkylation sites (N-methyl/N-ethyl adjacent to an activating group) is 1. The zero-order valence-electron chi connectivity index (χ0n) is 15.2. The van der Waals surface area contributed by atoms with Gasteiger partial charge < -0.3 is 20.3 Å². The van der Waals surface area contributed by atoms with Gasteiger partial charge in [0.25, 0.3) is 0 Å². The van der Waals surface area contributed by atoms with E-state index in [1.807, 2.05) is 19.1 Å². The predicted molar refractivity (Wildman–Crippen MR) is 98.7 cm³/mol. The van der Waals surface area contributed by atoms with Gasteiger partial charge in [-0.3, -0.25) is 9.59 Å². The van der Waals surface area contributed by atoms with E-state index in [2.05, 4.69) is 10.6 Å². The van der Waals surface area contributed by atoms with Crippen molar-refractivity contribution in [2.45, 2.75) is 32.6 Å². The molecule has 0 bridgehead atoms. The summed E-state index contributed by atoms with van der Waals surface area (Å²) in [5.74, 6) is 1.07. The minimum Gasteiger partial charge on any atom is -0.495 e. The Balaban J connectivity index is 1.82. The normalized spacial score (nSPS) is 14.8. The fourth-order valence-electron chi connectivity index (χ4n) is 3.14. The molecule has 1 aliphatic heterocycles. The topological polar surface area (TPSA) is 70.7 Å². The fraction of sp³-hybridized carbons (Fsp3) is 0.579. The monoisotopic (exact) mass is 347 g/mol. The summed E-state index contributed by atoms with van der Waals surface area (Å²) in [6, 6.07) is 7.25. The van der Waals surface area contributed by atoms with Crippen LogP contribution >= 0.6 is 0 Å². The van der Waals surface area contributed by atoms with Crippen LogP contribution in [0.1, 0.15) is 32.6 Å². The number of hydrogen-bond acceptors (Lipinski definition) is 4. The highest BCUT2D eigenvalue weighted by Gasteiger charge is 2.19. The number of piperidine rings is 1. The van der Waals surface area contributed by atoms with Crippen LogP contribution in [0.5, 0.6) is 5.75 Å². The molecule has 0 unspecified atom stereocenters. The molecule has 0 saturated carbocycles. The Hall–Kier alpha value is -2.08. The molecule has 2 N–H and O–H groups in total. The molecule has 0 aliphatic carbocycles. The van der Waals surface area contributed by atoms with E-state index < -0.39 is 0 Å². The Bertz CT molecular complexity index is 571. The Morgan fingerprint density at radius 3 is 2.68 bits per heavy atom. The minimum atomic E-state index is -0.207. The first-order valence-corrected chi connectivity index (χ1v) is 9.05. The van der Waals surface area contributed by atoms with Crippen molar-refractivity contribution in [3.63, 3.8) is 0 Å². The first kappa shape index (κ1) is 19.2. The number of benzene rings is 1. The summed E-state index contributed by atoms with van der Waals surface area (Å²) in [4.78, 5) is 26.3. The van der Waals surface area contributed by atoms with Crippen LogP contribution in [0.2, 0.25) is 0 Å². The molecule has 2 amide bonds. The summed E-state index contributed by atoms with van der Waals surface area (Å²) in [6.07, 6.45) is 3.69. The van der Waals surface area contributed by atoms with E-state index >= 15 is 0 Å². The van der Waals surface area contributed by atoms with Crippen LogP contribution in [0.15, 0.2) is 24.3 Å². The molecule has 1 aliphatic rings. The third-order valence-electron chi connectivity index (χ3n) is 4.68. The van der Waals surface area contributed by atoms with Crippen LogP contribution in [0.3, 0.4) is 0 Å². The summed E-state index contributed by atoms with van der Waals surface area (Å²) in [5, 5.41) is 6.16. The van der Waals surface area contributed by atoms with Crippen LogP contribution in [0.25, 0.3) is 0 Å². The Morgan fingerprint density at radius 1 is 1.28 bits per heavy atom. The summed E-state index contributed by atoms with van der Waals surface area (Å²) >= 11 is 0. The van der Waals surface area contributed by atoms with Gasteiger partial charge in [0.1, 0.15) is 5.75 Å². The summed E-state index contributed by atoms with van der Waals surface area (Å²) in [6.45, 7) is 4.58. The van der Waals surface area contributed by atoms with Gasteiger partial charge in [0.2, 0.25) is 11.8 Å². The van der Waals surface area contributed by atoms with Crippen molar-refractivity contribution in [1.82, 2.24) is 10.2 Å². The molecule has 1 aromatic rings. The predicted octanol–water partition coefficient (Wildman–Crippen LogP) is 2.26. The molecule has 6 heteroatoms. The third-order valence-corrected chi connectivity index (χ3v) is 4.68. The number of nitrogens with one attached hydrogen (secondary N) is 2. The van der Waals surface area contributed by atoms with Gasteiger partial charge in [0.15, 0.2) is 0 Å². The summed E-state index contributed by atoms with van der Waals surface area (Å²) in [7, 11) is 1.56. The zero-order valence-corrected chi connectivity index (χ0v) is 15.2. The van der Waals surface area contributed by atoms with Crippen molar-refractivity contribution in [1.29, 1.82) is 0 Å². The van der Waals surface area contributed by atoms with E-state index in [-0.39, 0.29) is 18.4 Å². The molecule has 0 spiro atoms. The quantitative estimate of drug-likeness (QED) is 0.757. The van der Waals surface area contributed by atoms with E-state index in [0.29, 0.717) is 30.3 Å². The second kappa shape index (κ2) is 10.0. The number of hydrogen-bond donors (Lipinski definition) is 2. The van der Waals surface area contributed by atoms with Crippen molar-refractivity contribution >= 4 is 17.5 Å². The highest BCUT2D eigenvalue weighted by atomic mass is 16.5. The first-order valence-electron chi connectivity index (χ1n) is 9.05. The van der Waals surface area contributed by atoms with Crippen molar-refractivity contribution in [3.05, 3.63) is 24.3 Å². The van der Waals surface area contributed by atoms with Gasteiger partial charge in [0, 0.05) is 13.0 Å². The molecule has 0 radical (unpaired) electrons. The SMILES string of the molecule is CCN(CC(=O)Nc1ccccc1OC)C(=O)CCC1CCNCC1. The number of carbonyl (C=O) groups excluding carboxylic acids is 2. The van der Waals surface area contributed by atoms with Crippen molar-refractivity contribution in [2.75, 3.05) is 38.6 Å². The lowest BCUT2D eigenvalue weighted by atomic mass is 9.93. The van der Waals surface area contributed by atoms with Crippen LogP contribution in [0, 0.1) is 5.92 Å². The summed E-state index contributed by atoms with van der Waals surface area (Å²) in [5.41, 5.74) is 0.619. The maximum Gasteiger partial charge on any atom is 0.244 e. The first-order chi connectivity index (χ1) is 12.1. The smallest absolute Gasteiger partial charge is 0.244 e. The largest absolute Gasteiger partial charge is 0.495 e. The standard InChI is InChI=1S/C19H29N3O3/c1-3-22(19(24)9-8-15-10-12-20-13-11-15)14-18(23)21-16-6-4-5-7-17(16)25-2/h4-7,15,20H,3,8-14H2,1-2H3,(H,21,23). The van der Waals surface area contributed by atoms with Crippen molar-refractivity contribution in [3.8, 4) is 5.75 Å². The zero-order chi connectivity index (χ0) is 18.1. The molecule has 25 heavy (non-hydrogen) atoms. The third kappa shape index (κ3) is 6.05. The molecule has 1 heterocycles. The van der Waals surface area contributed by atoms with E-state index in [9.17, 15) is 9.59 Å². The van der Waals surface area contributed by atoms with Gasteiger partial charge in [-0.2, -0.15) is 0 Å². The number of ether oxygens (including phenoxy) is 1. The van der Waals surface area contributed by atoms with Crippen molar-refractivity contribution in [2.24, 2.45) is 5.92 Å². The second-order valence-corrected chi connectivity index (χ2v) is 6.39. The molecule has 0 aromatic heterocycles. The van der Waals surface area contributed by atoms with Gasteiger partial charge in [-0.05, 0) is 57.3 Å². The number of methoxy groups -OCH3 is 1. The van der Waals surface area contributed by atoms with Gasteiger partial charge >= 0.3 is 0 Å². The maximum atomic E-state index is 12.4. The van der Waals surface area contributed by atoms with E-state index in [1.54, 1.807) is 24.1 Å². The molecule has 1 fully saturated rings. The molecular weight excluding hydrogens is 318 g/mol. The number of para-hydroxylation sites is 2. The number of nitrogens with zero attached hydrogens (tertiary/aromatic N) is 1. The highest BCUT2D eigenvalue weighted by molar-refractivity contribution is 5.95. The Labute approximate surface area is 149 Å². The van der Waals surface area contributed by atoms with E-state index in [0.717, 1.165) is 32.4 Å². The number of amides is 2. The Kier molecular flexibility index (Phi) is 7.73. The molecule has 0 atom stereocenters. The molecule has 2 rings (SSSR count). The van der Waals surface area contributed by atoms with Gasteiger partial charge in [-0.1, -0.05) is 12.1 Å². The highest BCUT2D eigenvalue weighted by Crippen LogP contribution is 2.23. The average molecular weight is 347 g/mol. The molecular formula is C19H29N3O3. The molecule has 138 valence electrons. The van der Waals surface area contributed by atoms with E-state index in [4.69, 9.17) is 4.74 Å². The molecule has 1 saturated heterocycles.